The maximum absolute atomic E-state index is 11.4. The van der Waals surface area contributed by atoms with Gasteiger partial charge in [-0.2, -0.15) is 0 Å². The summed E-state index contributed by atoms with van der Waals surface area (Å²) in [4.78, 5) is 13.7. The van der Waals surface area contributed by atoms with Crippen molar-refractivity contribution in [2.24, 2.45) is 11.7 Å². The summed E-state index contributed by atoms with van der Waals surface area (Å²) >= 11 is 0. The second-order valence-corrected chi connectivity index (χ2v) is 6.47. The van der Waals surface area contributed by atoms with E-state index in [0.717, 1.165) is 56.2 Å². The maximum Gasteiger partial charge on any atom is 0.222 e. The predicted molar refractivity (Wildman–Crippen MR) is 94.6 cm³/mol. The molecule has 1 aliphatic heterocycles. The zero-order valence-corrected chi connectivity index (χ0v) is 14.1. The van der Waals surface area contributed by atoms with Crippen molar-refractivity contribution >= 4 is 11.6 Å². The number of aryl methyl sites for hydroxylation is 1. The van der Waals surface area contributed by atoms with Gasteiger partial charge in [0.25, 0.3) is 0 Å². The fourth-order valence-corrected chi connectivity index (χ4v) is 3.18. The number of carbonyl (C=O) groups is 1. The van der Waals surface area contributed by atoms with E-state index in [4.69, 9.17) is 10.2 Å². The topological polar surface area (TPSA) is 71.5 Å². The molecule has 5 heteroatoms. The second-order valence-electron chi connectivity index (χ2n) is 6.47. The number of nitrogens with one attached hydrogen (secondary N) is 1. The number of nitrogens with two attached hydrogens (primary N) is 1. The van der Waals surface area contributed by atoms with Gasteiger partial charge in [-0.15, -0.1) is 0 Å². The molecule has 0 spiro atoms. The highest BCUT2D eigenvalue weighted by molar-refractivity contribution is 5.77. The Kier molecular flexibility index (Phi) is 5.20. The van der Waals surface area contributed by atoms with Crippen LogP contribution >= 0.6 is 0 Å². The van der Waals surface area contributed by atoms with Crippen LogP contribution in [0.1, 0.15) is 29.9 Å². The van der Waals surface area contributed by atoms with Crippen molar-refractivity contribution < 1.29 is 9.21 Å². The largest absolute Gasteiger partial charge is 0.465 e. The van der Waals surface area contributed by atoms with Gasteiger partial charge in [-0.25, -0.2) is 0 Å². The third-order valence-corrected chi connectivity index (χ3v) is 4.55. The van der Waals surface area contributed by atoms with Crippen LogP contribution in [0, 0.1) is 12.8 Å². The monoisotopic (exact) mass is 327 g/mol. The number of piperidine rings is 1. The maximum atomic E-state index is 11.4. The number of anilines is 1. The van der Waals surface area contributed by atoms with E-state index in [9.17, 15) is 4.79 Å². The number of carbonyl (C=O) groups excluding carboxylic acids is 1. The molecular weight excluding hydrogens is 302 g/mol. The van der Waals surface area contributed by atoms with Crippen molar-refractivity contribution in [3.8, 4) is 0 Å². The molecule has 128 valence electrons. The van der Waals surface area contributed by atoms with Crippen LogP contribution in [0.4, 0.5) is 5.69 Å². The Balaban J connectivity index is 1.52. The number of rotatable bonds is 6. The average molecular weight is 327 g/mol. The fourth-order valence-electron chi connectivity index (χ4n) is 3.18. The van der Waals surface area contributed by atoms with Crippen LogP contribution in [0.25, 0.3) is 0 Å². The van der Waals surface area contributed by atoms with Crippen molar-refractivity contribution in [2.45, 2.75) is 32.9 Å². The van der Waals surface area contributed by atoms with E-state index in [1.807, 2.05) is 19.1 Å². The van der Waals surface area contributed by atoms with Gasteiger partial charge in [-0.3, -0.25) is 4.79 Å². The number of hydrogen-bond donors (Lipinski definition) is 2. The Morgan fingerprint density at radius 2 is 2.04 bits per heavy atom. The molecule has 1 saturated heterocycles. The van der Waals surface area contributed by atoms with Crippen LogP contribution < -0.4 is 16.0 Å². The molecule has 0 unspecified atom stereocenters. The lowest BCUT2D eigenvalue weighted by atomic mass is 9.97. The number of amides is 1. The Labute approximate surface area is 142 Å². The van der Waals surface area contributed by atoms with Gasteiger partial charge >= 0.3 is 0 Å². The molecule has 3 rings (SSSR count). The molecule has 1 fully saturated rings. The van der Waals surface area contributed by atoms with E-state index in [1.165, 1.54) is 5.56 Å². The summed E-state index contributed by atoms with van der Waals surface area (Å²) < 4.78 is 5.54. The van der Waals surface area contributed by atoms with Crippen LogP contribution in [0.2, 0.25) is 0 Å². The SMILES string of the molecule is Cc1ccc(CNCc2ccc(N3CCC[C@H](C(N)=O)C3)cc2)o1. The molecule has 0 radical (unpaired) electrons. The van der Waals surface area contributed by atoms with Crippen molar-refractivity contribution in [3.05, 3.63) is 53.5 Å². The van der Waals surface area contributed by atoms with E-state index < -0.39 is 0 Å². The highest BCUT2D eigenvalue weighted by Gasteiger charge is 2.23. The molecule has 1 aromatic carbocycles. The average Bonchev–Trinajstić information content (AvgIpc) is 3.01. The van der Waals surface area contributed by atoms with E-state index >= 15 is 0 Å². The minimum absolute atomic E-state index is 0.0307. The Morgan fingerprint density at radius 1 is 1.25 bits per heavy atom. The third kappa shape index (κ3) is 4.17. The van der Waals surface area contributed by atoms with Gasteiger partial charge in [0.15, 0.2) is 0 Å². The zero-order valence-electron chi connectivity index (χ0n) is 14.1. The van der Waals surface area contributed by atoms with Crippen LogP contribution in [0.15, 0.2) is 40.8 Å². The highest BCUT2D eigenvalue weighted by Crippen LogP contribution is 2.23. The smallest absolute Gasteiger partial charge is 0.222 e. The number of benzene rings is 1. The number of primary amides is 1. The summed E-state index contributed by atoms with van der Waals surface area (Å²) in [7, 11) is 0. The summed E-state index contributed by atoms with van der Waals surface area (Å²) in [6.07, 6.45) is 1.92. The first-order chi connectivity index (χ1) is 11.6. The lowest BCUT2D eigenvalue weighted by Gasteiger charge is -2.33. The lowest BCUT2D eigenvalue weighted by Crippen LogP contribution is -2.41. The molecule has 1 aromatic heterocycles. The van der Waals surface area contributed by atoms with Gasteiger partial charge in [-0.05, 0) is 49.6 Å². The molecule has 0 saturated carbocycles. The first kappa shape index (κ1) is 16.6. The summed E-state index contributed by atoms with van der Waals surface area (Å²) in [5.74, 6) is 1.67. The minimum atomic E-state index is -0.186. The second kappa shape index (κ2) is 7.53. The van der Waals surface area contributed by atoms with Gasteiger partial charge in [0, 0.05) is 25.3 Å². The van der Waals surface area contributed by atoms with Crippen LogP contribution in [0.5, 0.6) is 0 Å². The molecule has 0 bridgehead atoms. The minimum Gasteiger partial charge on any atom is -0.465 e. The summed E-state index contributed by atoms with van der Waals surface area (Å²) in [5.41, 5.74) is 7.84. The normalized spacial score (nSPS) is 17.9. The number of hydrogen-bond acceptors (Lipinski definition) is 4. The van der Waals surface area contributed by atoms with Gasteiger partial charge < -0.3 is 20.4 Å². The third-order valence-electron chi connectivity index (χ3n) is 4.55. The molecule has 2 heterocycles. The van der Waals surface area contributed by atoms with E-state index in [-0.39, 0.29) is 11.8 Å². The van der Waals surface area contributed by atoms with Gasteiger partial charge in [-0.1, -0.05) is 12.1 Å². The molecule has 2 aromatic rings. The zero-order chi connectivity index (χ0) is 16.9. The van der Waals surface area contributed by atoms with E-state index in [1.54, 1.807) is 0 Å². The molecule has 24 heavy (non-hydrogen) atoms. The van der Waals surface area contributed by atoms with E-state index in [0.29, 0.717) is 0 Å². The summed E-state index contributed by atoms with van der Waals surface area (Å²) in [6, 6.07) is 12.5. The molecule has 5 nitrogen and oxygen atoms in total. The Hall–Kier alpha value is -2.27. The summed E-state index contributed by atoms with van der Waals surface area (Å²) in [5, 5.41) is 3.38. The Morgan fingerprint density at radius 3 is 2.71 bits per heavy atom. The van der Waals surface area contributed by atoms with Crippen LogP contribution in [0.3, 0.4) is 0 Å². The number of nitrogens with zero attached hydrogens (tertiary/aromatic N) is 1. The molecule has 1 aliphatic rings. The van der Waals surface area contributed by atoms with Crippen molar-refractivity contribution in [1.29, 1.82) is 0 Å². The first-order valence-corrected chi connectivity index (χ1v) is 8.51. The predicted octanol–water partition coefficient (Wildman–Crippen LogP) is 2.58. The molecule has 1 atom stereocenters. The van der Waals surface area contributed by atoms with Gasteiger partial charge in [0.2, 0.25) is 5.91 Å². The molecular formula is C19H25N3O2. The molecule has 1 amide bonds. The van der Waals surface area contributed by atoms with Crippen molar-refractivity contribution in [1.82, 2.24) is 5.32 Å². The molecule has 0 aliphatic carbocycles. The summed E-state index contributed by atoms with van der Waals surface area (Å²) in [6.45, 7) is 5.18. The fraction of sp³-hybridized carbons (Fsp3) is 0.421. The van der Waals surface area contributed by atoms with E-state index in [2.05, 4.69) is 34.5 Å². The lowest BCUT2D eigenvalue weighted by molar-refractivity contribution is -0.122. The highest BCUT2D eigenvalue weighted by atomic mass is 16.3. The number of furan rings is 1. The molecule has 3 N–H and O–H groups in total. The van der Waals surface area contributed by atoms with Gasteiger partial charge in [0.05, 0.1) is 12.5 Å². The van der Waals surface area contributed by atoms with Crippen LogP contribution in [-0.2, 0) is 17.9 Å². The first-order valence-electron chi connectivity index (χ1n) is 8.51. The van der Waals surface area contributed by atoms with Crippen molar-refractivity contribution in [3.63, 3.8) is 0 Å². The Bertz CT molecular complexity index is 678. The van der Waals surface area contributed by atoms with Gasteiger partial charge in [0.1, 0.15) is 11.5 Å². The van der Waals surface area contributed by atoms with Crippen LogP contribution in [-0.4, -0.2) is 19.0 Å². The standard InChI is InChI=1S/C19H25N3O2/c1-14-4-9-18(24-14)12-21-11-15-5-7-17(8-6-15)22-10-2-3-16(13-22)19(20)23/h4-9,16,21H,2-3,10-13H2,1H3,(H2,20,23)/t16-/m0/s1. The quantitative estimate of drug-likeness (QED) is 0.855. The van der Waals surface area contributed by atoms with Crippen molar-refractivity contribution in [2.75, 3.05) is 18.0 Å².